The van der Waals surface area contributed by atoms with Crippen molar-refractivity contribution in [1.82, 2.24) is 10.2 Å². The fraction of sp³-hybridized carbons (Fsp3) is 0.188. The van der Waals surface area contributed by atoms with E-state index < -0.39 is 28.5 Å². The van der Waals surface area contributed by atoms with Crippen molar-refractivity contribution in [2.24, 2.45) is 0 Å². The van der Waals surface area contributed by atoms with Crippen LogP contribution in [0.25, 0.3) is 0 Å². The van der Waals surface area contributed by atoms with Gasteiger partial charge in [0.1, 0.15) is 12.6 Å². The molecule has 2 amide bonds. The van der Waals surface area contributed by atoms with Gasteiger partial charge in [0.25, 0.3) is 10.0 Å². The smallest absolute Gasteiger partial charge is 0.264 e. The lowest BCUT2D eigenvalue weighted by atomic mass is 10.0. The summed E-state index contributed by atoms with van der Waals surface area (Å²) in [6.07, 6.45) is 0.273. The first-order valence-electron chi connectivity index (χ1n) is 13.0. The quantitative estimate of drug-likeness (QED) is 0.294. The van der Waals surface area contributed by atoms with Crippen LogP contribution in [0.1, 0.15) is 16.7 Å². The molecule has 0 heterocycles. The maximum Gasteiger partial charge on any atom is 0.264 e. The van der Waals surface area contributed by atoms with Crippen LogP contribution in [0, 0.1) is 6.92 Å². The fourth-order valence-corrected chi connectivity index (χ4v) is 5.88. The van der Waals surface area contributed by atoms with Crippen LogP contribution in [-0.4, -0.2) is 44.8 Å². The summed E-state index contributed by atoms with van der Waals surface area (Å²) in [6.45, 7) is 1.54. The number of benzene rings is 4. The molecule has 0 saturated carbocycles. The molecule has 0 spiro atoms. The Hall–Kier alpha value is -4.43. The summed E-state index contributed by atoms with van der Waals surface area (Å²) in [4.78, 5) is 28.9. The van der Waals surface area contributed by atoms with Crippen molar-refractivity contribution in [2.75, 3.05) is 17.9 Å². The Morgan fingerprint density at radius 3 is 1.82 bits per heavy atom. The van der Waals surface area contributed by atoms with E-state index >= 15 is 0 Å². The number of hydrogen-bond acceptors (Lipinski definition) is 4. The van der Waals surface area contributed by atoms with E-state index in [0.29, 0.717) is 5.69 Å². The SMILES string of the molecule is CNC(=O)[C@@H](Cc1ccccc1)N(Cc1ccccc1)C(=O)CN(c1ccccc1)S(=O)(=O)c1ccc(C)cc1. The molecule has 0 aliphatic carbocycles. The Balaban J connectivity index is 1.75. The average Bonchev–Trinajstić information content (AvgIpc) is 2.98. The molecule has 0 saturated heterocycles. The number of likely N-dealkylation sites (N-methyl/N-ethyl adjacent to an activating group) is 1. The van der Waals surface area contributed by atoms with Gasteiger partial charge in [-0.25, -0.2) is 8.42 Å². The van der Waals surface area contributed by atoms with Crippen LogP contribution in [0.5, 0.6) is 0 Å². The van der Waals surface area contributed by atoms with Gasteiger partial charge < -0.3 is 10.2 Å². The molecule has 8 heteroatoms. The van der Waals surface area contributed by atoms with Gasteiger partial charge in [-0.2, -0.15) is 0 Å². The van der Waals surface area contributed by atoms with Crippen LogP contribution in [0.4, 0.5) is 5.69 Å². The van der Waals surface area contributed by atoms with E-state index in [0.717, 1.165) is 21.0 Å². The first-order chi connectivity index (χ1) is 19.3. The standard InChI is InChI=1S/C32H33N3O4S/c1-25-18-20-29(21-19-25)40(38,39)35(28-16-10-5-11-17-28)24-31(36)34(23-27-14-8-4-9-15-27)30(32(37)33-2)22-26-12-6-3-7-13-26/h3-21,30H,22-24H2,1-2H3,(H,33,37)/t30-/m1/s1. The summed E-state index contributed by atoms with van der Waals surface area (Å²) in [5.41, 5.74) is 2.99. The molecule has 0 aromatic heterocycles. The molecule has 7 nitrogen and oxygen atoms in total. The zero-order chi connectivity index (χ0) is 28.5. The van der Waals surface area contributed by atoms with Crippen LogP contribution >= 0.6 is 0 Å². The number of carbonyl (C=O) groups is 2. The van der Waals surface area contributed by atoms with E-state index in [1.54, 1.807) is 42.5 Å². The summed E-state index contributed by atoms with van der Waals surface area (Å²) >= 11 is 0. The van der Waals surface area contributed by atoms with Gasteiger partial charge in [-0.05, 0) is 42.3 Å². The molecule has 0 aliphatic heterocycles. The monoisotopic (exact) mass is 555 g/mol. The van der Waals surface area contributed by atoms with Crippen molar-refractivity contribution >= 4 is 27.5 Å². The lowest BCUT2D eigenvalue weighted by Crippen LogP contribution is -2.53. The Labute approximate surface area is 236 Å². The first kappa shape index (κ1) is 28.6. The molecule has 4 aromatic carbocycles. The first-order valence-corrected chi connectivity index (χ1v) is 14.5. The second-order valence-electron chi connectivity index (χ2n) is 9.49. The Kier molecular flexibility index (Phi) is 9.35. The number of rotatable bonds is 11. The molecule has 0 fully saturated rings. The van der Waals surface area contributed by atoms with Gasteiger partial charge in [-0.15, -0.1) is 0 Å². The zero-order valence-electron chi connectivity index (χ0n) is 22.6. The minimum absolute atomic E-state index is 0.0801. The Morgan fingerprint density at radius 2 is 1.27 bits per heavy atom. The molecule has 0 radical (unpaired) electrons. The van der Waals surface area contributed by atoms with Crippen molar-refractivity contribution in [1.29, 1.82) is 0 Å². The van der Waals surface area contributed by atoms with E-state index in [1.165, 1.54) is 24.1 Å². The van der Waals surface area contributed by atoms with E-state index in [2.05, 4.69) is 5.32 Å². The second-order valence-corrected chi connectivity index (χ2v) is 11.3. The number of carbonyl (C=O) groups excluding carboxylic acids is 2. The van der Waals surface area contributed by atoms with E-state index in [4.69, 9.17) is 0 Å². The fourth-order valence-electron chi connectivity index (χ4n) is 4.46. The minimum atomic E-state index is -4.10. The van der Waals surface area contributed by atoms with Gasteiger partial charge >= 0.3 is 0 Å². The highest BCUT2D eigenvalue weighted by molar-refractivity contribution is 7.92. The third kappa shape index (κ3) is 6.95. The predicted octanol–water partition coefficient (Wildman–Crippen LogP) is 4.58. The molecule has 0 bridgehead atoms. The second kappa shape index (κ2) is 13.1. The lowest BCUT2D eigenvalue weighted by Gasteiger charge is -2.33. The van der Waals surface area contributed by atoms with Gasteiger partial charge in [0.15, 0.2) is 0 Å². The summed E-state index contributed by atoms with van der Waals surface area (Å²) < 4.78 is 28.9. The number of aryl methyl sites for hydroxylation is 1. The van der Waals surface area contributed by atoms with Gasteiger partial charge in [0.05, 0.1) is 10.6 Å². The zero-order valence-corrected chi connectivity index (χ0v) is 23.4. The molecule has 1 N–H and O–H groups in total. The topological polar surface area (TPSA) is 86.8 Å². The van der Waals surface area contributed by atoms with Gasteiger partial charge in [-0.1, -0.05) is 96.6 Å². The molecule has 1 atom stereocenters. The molecule has 4 aromatic rings. The summed E-state index contributed by atoms with van der Waals surface area (Å²) in [5, 5.41) is 2.69. The molecule has 0 aliphatic rings. The van der Waals surface area contributed by atoms with Crippen molar-refractivity contribution in [2.45, 2.75) is 30.8 Å². The van der Waals surface area contributed by atoms with Crippen LogP contribution < -0.4 is 9.62 Å². The molecule has 0 unspecified atom stereocenters. The number of anilines is 1. The summed E-state index contributed by atoms with van der Waals surface area (Å²) in [7, 11) is -2.57. The molecule has 4 rings (SSSR count). The number of amides is 2. The predicted molar refractivity (Wildman–Crippen MR) is 157 cm³/mol. The van der Waals surface area contributed by atoms with Crippen molar-refractivity contribution in [3.8, 4) is 0 Å². The molecule has 40 heavy (non-hydrogen) atoms. The van der Waals surface area contributed by atoms with E-state index in [1.807, 2.05) is 67.6 Å². The van der Waals surface area contributed by atoms with E-state index in [-0.39, 0.29) is 23.8 Å². The summed E-state index contributed by atoms with van der Waals surface area (Å²) in [6, 6.07) is 33.0. The van der Waals surface area contributed by atoms with Gasteiger partial charge in [-0.3, -0.25) is 13.9 Å². The number of nitrogens with one attached hydrogen (secondary N) is 1. The van der Waals surface area contributed by atoms with Crippen LogP contribution in [0.15, 0.2) is 120 Å². The Morgan fingerprint density at radius 1 is 0.750 bits per heavy atom. The maximum atomic E-state index is 14.2. The average molecular weight is 556 g/mol. The van der Waals surface area contributed by atoms with Crippen LogP contribution in [-0.2, 0) is 32.6 Å². The largest absolute Gasteiger partial charge is 0.357 e. The molecule has 206 valence electrons. The highest BCUT2D eigenvalue weighted by atomic mass is 32.2. The van der Waals surface area contributed by atoms with Crippen molar-refractivity contribution in [3.63, 3.8) is 0 Å². The molecular formula is C32H33N3O4S. The number of nitrogens with zero attached hydrogens (tertiary/aromatic N) is 2. The highest BCUT2D eigenvalue weighted by Gasteiger charge is 2.34. The van der Waals surface area contributed by atoms with Crippen LogP contribution in [0.3, 0.4) is 0 Å². The summed E-state index contributed by atoms with van der Waals surface area (Å²) in [5.74, 6) is -0.825. The van der Waals surface area contributed by atoms with E-state index in [9.17, 15) is 18.0 Å². The van der Waals surface area contributed by atoms with Crippen LogP contribution in [0.2, 0.25) is 0 Å². The highest BCUT2D eigenvalue weighted by Crippen LogP contribution is 2.25. The third-order valence-corrected chi connectivity index (χ3v) is 8.43. The van der Waals surface area contributed by atoms with Gasteiger partial charge in [0.2, 0.25) is 11.8 Å². The minimum Gasteiger partial charge on any atom is -0.357 e. The van der Waals surface area contributed by atoms with Crippen molar-refractivity contribution in [3.05, 3.63) is 132 Å². The maximum absolute atomic E-state index is 14.2. The number of para-hydroxylation sites is 1. The lowest BCUT2D eigenvalue weighted by molar-refractivity contribution is -0.139. The normalized spacial score (nSPS) is 11.8. The van der Waals surface area contributed by atoms with Crippen molar-refractivity contribution < 1.29 is 18.0 Å². The third-order valence-electron chi connectivity index (χ3n) is 6.65. The Bertz CT molecular complexity index is 1510. The van der Waals surface area contributed by atoms with Gasteiger partial charge in [0, 0.05) is 20.0 Å². The number of sulfonamides is 1. The number of hydrogen-bond donors (Lipinski definition) is 1. The molecular weight excluding hydrogens is 522 g/mol.